The fourth-order valence-corrected chi connectivity index (χ4v) is 2.51. The van der Waals surface area contributed by atoms with E-state index >= 15 is 0 Å². The molecule has 1 aromatic rings. The van der Waals surface area contributed by atoms with Gasteiger partial charge in [0.15, 0.2) is 5.82 Å². The van der Waals surface area contributed by atoms with Crippen LogP contribution in [0.5, 0.6) is 0 Å². The van der Waals surface area contributed by atoms with E-state index < -0.39 is 0 Å². The summed E-state index contributed by atoms with van der Waals surface area (Å²) in [7, 11) is 0. The highest BCUT2D eigenvalue weighted by molar-refractivity contribution is 5.73. The van der Waals surface area contributed by atoms with Gasteiger partial charge < -0.3 is 14.8 Å². The zero-order chi connectivity index (χ0) is 13.1. The molecule has 6 heteroatoms. The Labute approximate surface area is 107 Å². The van der Waals surface area contributed by atoms with Gasteiger partial charge in [-0.1, -0.05) is 0 Å². The van der Waals surface area contributed by atoms with Crippen LogP contribution in [0.15, 0.2) is 0 Å². The summed E-state index contributed by atoms with van der Waals surface area (Å²) in [5.74, 6) is 1.88. The maximum Gasteiger partial charge on any atom is 0.220 e. The van der Waals surface area contributed by atoms with Crippen LogP contribution in [-0.4, -0.2) is 44.7 Å². The standard InChI is InChI=1S/C12H21N5O/c1-4-16-9(2)14-15-12(16)8-17(10(3)18)11-5-6-13-7-11/h11,13H,4-8H2,1-3H3/t11-/m0/s1. The summed E-state index contributed by atoms with van der Waals surface area (Å²) in [6.07, 6.45) is 1.01. The summed E-state index contributed by atoms with van der Waals surface area (Å²) in [5.41, 5.74) is 0. The van der Waals surface area contributed by atoms with Gasteiger partial charge >= 0.3 is 0 Å². The Morgan fingerprint density at radius 1 is 1.56 bits per heavy atom. The quantitative estimate of drug-likeness (QED) is 0.837. The summed E-state index contributed by atoms with van der Waals surface area (Å²) in [4.78, 5) is 13.7. The van der Waals surface area contributed by atoms with E-state index in [-0.39, 0.29) is 11.9 Å². The Balaban J connectivity index is 2.15. The summed E-state index contributed by atoms with van der Waals surface area (Å²) in [6.45, 7) is 8.87. The molecule has 1 saturated heterocycles. The Bertz CT molecular complexity index is 422. The minimum atomic E-state index is 0.104. The van der Waals surface area contributed by atoms with Crippen molar-refractivity contribution >= 4 is 5.91 Å². The van der Waals surface area contributed by atoms with Crippen LogP contribution in [0.4, 0.5) is 0 Å². The van der Waals surface area contributed by atoms with Gasteiger partial charge in [0.05, 0.1) is 6.54 Å². The molecule has 1 N–H and O–H groups in total. The topological polar surface area (TPSA) is 63.1 Å². The van der Waals surface area contributed by atoms with Gasteiger partial charge in [0.2, 0.25) is 5.91 Å². The molecule has 0 aliphatic carbocycles. The lowest BCUT2D eigenvalue weighted by Gasteiger charge is -2.27. The predicted molar refractivity (Wildman–Crippen MR) is 67.9 cm³/mol. The van der Waals surface area contributed by atoms with Gasteiger partial charge in [-0.05, 0) is 26.8 Å². The van der Waals surface area contributed by atoms with E-state index in [9.17, 15) is 4.79 Å². The second-order valence-corrected chi connectivity index (χ2v) is 4.70. The van der Waals surface area contributed by atoms with Crippen molar-refractivity contribution < 1.29 is 4.79 Å². The Morgan fingerprint density at radius 2 is 2.33 bits per heavy atom. The fourth-order valence-electron chi connectivity index (χ4n) is 2.51. The maximum absolute atomic E-state index is 11.8. The molecule has 1 atom stereocenters. The second kappa shape index (κ2) is 5.48. The first-order chi connectivity index (χ1) is 8.63. The fraction of sp³-hybridized carbons (Fsp3) is 0.750. The molecule has 0 unspecified atom stereocenters. The molecule has 0 radical (unpaired) electrons. The lowest BCUT2D eigenvalue weighted by atomic mass is 10.2. The van der Waals surface area contributed by atoms with Crippen LogP contribution < -0.4 is 5.32 Å². The van der Waals surface area contributed by atoms with Crippen LogP contribution in [0.3, 0.4) is 0 Å². The smallest absolute Gasteiger partial charge is 0.220 e. The molecule has 18 heavy (non-hydrogen) atoms. The molecule has 2 heterocycles. The zero-order valence-corrected chi connectivity index (χ0v) is 11.3. The van der Waals surface area contributed by atoms with Crippen molar-refractivity contribution in [2.24, 2.45) is 0 Å². The Hall–Kier alpha value is -1.43. The second-order valence-electron chi connectivity index (χ2n) is 4.70. The molecule has 100 valence electrons. The van der Waals surface area contributed by atoms with E-state index in [2.05, 4.69) is 27.0 Å². The zero-order valence-electron chi connectivity index (χ0n) is 11.3. The van der Waals surface area contributed by atoms with E-state index in [1.807, 2.05) is 11.8 Å². The molecule has 0 saturated carbocycles. The normalized spacial score (nSPS) is 19.2. The maximum atomic E-state index is 11.8. The van der Waals surface area contributed by atoms with Crippen LogP contribution in [0.2, 0.25) is 0 Å². The van der Waals surface area contributed by atoms with E-state index in [0.29, 0.717) is 6.54 Å². The number of rotatable bonds is 4. The van der Waals surface area contributed by atoms with E-state index in [1.54, 1.807) is 6.92 Å². The first kappa shape index (κ1) is 13.0. The van der Waals surface area contributed by atoms with Gasteiger partial charge in [-0.15, -0.1) is 10.2 Å². The first-order valence-electron chi connectivity index (χ1n) is 6.50. The summed E-state index contributed by atoms with van der Waals surface area (Å²) in [5, 5.41) is 11.6. The van der Waals surface area contributed by atoms with E-state index in [4.69, 9.17) is 0 Å². The molecule has 0 aromatic carbocycles. The van der Waals surface area contributed by atoms with Crippen molar-refractivity contribution in [2.75, 3.05) is 13.1 Å². The average Bonchev–Trinajstić information content (AvgIpc) is 2.95. The molecule has 0 bridgehead atoms. The van der Waals surface area contributed by atoms with Crippen molar-refractivity contribution in [3.63, 3.8) is 0 Å². The van der Waals surface area contributed by atoms with Gasteiger partial charge in [-0.3, -0.25) is 4.79 Å². The van der Waals surface area contributed by atoms with Crippen molar-refractivity contribution in [1.29, 1.82) is 0 Å². The Kier molecular flexibility index (Phi) is 3.96. The van der Waals surface area contributed by atoms with Gasteiger partial charge in [0, 0.05) is 26.1 Å². The van der Waals surface area contributed by atoms with Crippen LogP contribution in [-0.2, 0) is 17.9 Å². The van der Waals surface area contributed by atoms with Crippen LogP contribution in [0.25, 0.3) is 0 Å². The third-order valence-corrected chi connectivity index (χ3v) is 3.52. The molecule has 1 aliphatic rings. The van der Waals surface area contributed by atoms with Gasteiger partial charge in [-0.2, -0.15) is 0 Å². The minimum Gasteiger partial charge on any atom is -0.331 e. The monoisotopic (exact) mass is 251 g/mol. The van der Waals surface area contributed by atoms with Gasteiger partial charge in [-0.25, -0.2) is 0 Å². The molecule has 1 amide bonds. The number of aromatic nitrogens is 3. The molecule has 6 nitrogen and oxygen atoms in total. The van der Waals surface area contributed by atoms with Crippen molar-refractivity contribution in [3.05, 3.63) is 11.6 Å². The van der Waals surface area contributed by atoms with Crippen LogP contribution in [0.1, 0.15) is 31.9 Å². The van der Waals surface area contributed by atoms with Crippen LogP contribution in [0, 0.1) is 6.92 Å². The third kappa shape index (κ3) is 2.53. The average molecular weight is 251 g/mol. The molecule has 1 aliphatic heterocycles. The summed E-state index contributed by atoms with van der Waals surface area (Å²) < 4.78 is 2.05. The molecule has 1 fully saturated rings. The van der Waals surface area contributed by atoms with Crippen molar-refractivity contribution in [3.8, 4) is 0 Å². The first-order valence-corrected chi connectivity index (χ1v) is 6.50. The number of carbonyl (C=O) groups is 1. The molecule has 0 spiro atoms. The number of nitrogens with one attached hydrogen (secondary N) is 1. The highest BCUT2D eigenvalue weighted by atomic mass is 16.2. The van der Waals surface area contributed by atoms with Gasteiger partial charge in [0.25, 0.3) is 0 Å². The largest absolute Gasteiger partial charge is 0.331 e. The van der Waals surface area contributed by atoms with E-state index in [0.717, 1.165) is 37.7 Å². The van der Waals surface area contributed by atoms with Crippen molar-refractivity contribution in [2.45, 2.75) is 46.3 Å². The molecule has 2 rings (SSSR count). The molecule has 1 aromatic heterocycles. The summed E-state index contributed by atoms with van der Waals surface area (Å²) >= 11 is 0. The third-order valence-electron chi connectivity index (χ3n) is 3.52. The van der Waals surface area contributed by atoms with Crippen molar-refractivity contribution in [1.82, 2.24) is 25.0 Å². The minimum absolute atomic E-state index is 0.104. The Morgan fingerprint density at radius 3 is 2.89 bits per heavy atom. The SMILES string of the molecule is CCn1c(C)nnc1CN(C(C)=O)[C@H]1CCNC1. The number of hydrogen-bond acceptors (Lipinski definition) is 4. The highest BCUT2D eigenvalue weighted by Gasteiger charge is 2.26. The summed E-state index contributed by atoms with van der Waals surface area (Å²) in [6, 6.07) is 0.282. The molecular formula is C12H21N5O. The number of carbonyl (C=O) groups excluding carboxylic acids is 1. The highest BCUT2D eigenvalue weighted by Crippen LogP contribution is 2.13. The lowest BCUT2D eigenvalue weighted by Crippen LogP contribution is -2.40. The van der Waals surface area contributed by atoms with Gasteiger partial charge in [0.1, 0.15) is 5.82 Å². The van der Waals surface area contributed by atoms with Crippen LogP contribution >= 0.6 is 0 Å². The number of hydrogen-bond donors (Lipinski definition) is 1. The van der Waals surface area contributed by atoms with E-state index in [1.165, 1.54) is 0 Å². The number of nitrogens with zero attached hydrogens (tertiary/aromatic N) is 4. The lowest BCUT2D eigenvalue weighted by molar-refractivity contribution is -0.131. The number of aryl methyl sites for hydroxylation is 1. The predicted octanol–water partition coefficient (Wildman–Crippen LogP) is 0.317. The molecular weight excluding hydrogens is 230 g/mol. The number of amides is 1.